The lowest BCUT2D eigenvalue weighted by atomic mass is 10.2. The van der Waals surface area contributed by atoms with E-state index in [1.807, 2.05) is 22.8 Å². The van der Waals surface area contributed by atoms with Crippen LogP contribution in [-0.2, 0) is 11.3 Å². The molecular formula is C20H19ClN4O2S. The lowest BCUT2D eigenvalue weighted by Crippen LogP contribution is -2.14. The number of halogens is 1. The number of anilines is 1. The van der Waals surface area contributed by atoms with Crippen LogP contribution in [0.5, 0.6) is 5.75 Å². The van der Waals surface area contributed by atoms with E-state index in [1.54, 1.807) is 43.5 Å². The summed E-state index contributed by atoms with van der Waals surface area (Å²) in [6.07, 6.45) is 1.76. The third-order valence-electron chi connectivity index (χ3n) is 3.85. The summed E-state index contributed by atoms with van der Waals surface area (Å²) in [6.45, 7) is 4.30. The fourth-order valence-corrected chi connectivity index (χ4v) is 3.50. The molecule has 2 aromatic carbocycles. The first-order valence-corrected chi connectivity index (χ1v) is 9.84. The average Bonchev–Trinajstić information content (AvgIpc) is 3.10. The van der Waals surface area contributed by atoms with Crippen LogP contribution in [0.1, 0.15) is 0 Å². The summed E-state index contributed by atoms with van der Waals surface area (Å²) in [5.41, 5.74) is 1.49. The van der Waals surface area contributed by atoms with Gasteiger partial charge in [-0.1, -0.05) is 41.6 Å². The van der Waals surface area contributed by atoms with Crippen molar-refractivity contribution < 1.29 is 9.53 Å². The SMILES string of the molecule is C=CCn1c(SCC(=O)Nc2ccc(OC)cc2)nnc1-c1ccccc1Cl. The van der Waals surface area contributed by atoms with Gasteiger partial charge >= 0.3 is 0 Å². The Morgan fingerprint density at radius 3 is 2.68 bits per heavy atom. The summed E-state index contributed by atoms with van der Waals surface area (Å²) in [5.74, 6) is 1.44. The van der Waals surface area contributed by atoms with Crippen LogP contribution >= 0.6 is 23.4 Å². The van der Waals surface area contributed by atoms with Gasteiger partial charge in [0.2, 0.25) is 5.91 Å². The largest absolute Gasteiger partial charge is 0.497 e. The number of carbonyl (C=O) groups is 1. The van der Waals surface area contributed by atoms with Crippen molar-refractivity contribution in [2.45, 2.75) is 11.7 Å². The minimum absolute atomic E-state index is 0.136. The second-order valence-electron chi connectivity index (χ2n) is 5.75. The van der Waals surface area contributed by atoms with Crippen LogP contribution in [0.15, 0.2) is 66.3 Å². The Kier molecular flexibility index (Phi) is 6.73. The number of benzene rings is 2. The standard InChI is InChI=1S/C20H19ClN4O2S/c1-3-12-25-19(16-6-4-5-7-17(16)21)23-24-20(25)28-13-18(26)22-14-8-10-15(27-2)11-9-14/h3-11H,1,12-13H2,2H3,(H,22,26). The highest BCUT2D eigenvalue weighted by Gasteiger charge is 2.16. The molecule has 0 aliphatic carbocycles. The van der Waals surface area contributed by atoms with Crippen LogP contribution in [0.25, 0.3) is 11.4 Å². The molecule has 144 valence electrons. The smallest absolute Gasteiger partial charge is 0.234 e. The van der Waals surface area contributed by atoms with Gasteiger partial charge in [0.05, 0.1) is 17.9 Å². The number of aromatic nitrogens is 3. The summed E-state index contributed by atoms with van der Waals surface area (Å²) in [4.78, 5) is 12.3. The number of hydrogen-bond acceptors (Lipinski definition) is 5. The van der Waals surface area contributed by atoms with Gasteiger partial charge in [0.25, 0.3) is 0 Å². The lowest BCUT2D eigenvalue weighted by molar-refractivity contribution is -0.113. The molecule has 0 spiro atoms. The van der Waals surface area contributed by atoms with Crippen LogP contribution < -0.4 is 10.1 Å². The highest BCUT2D eigenvalue weighted by Crippen LogP contribution is 2.29. The number of carbonyl (C=O) groups excluding carboxylic acids is 1. The predicted octanol–water partition coefficient (Wildman–Crippen LogP) is 4.52. The van der Waals surface area contributed by atoms with Crippen molar-refractivity contribution in [2.24, 2.45) is 0 Å². The highest BCUT2D eigenvalue weighted by molar-refractivity contribution is 7.99. The zero-order valence-electron chi connectivity index (χ0n) is 15.3. The first-order chi connectivity index (χ1) is 13.6. The Morgan fingerprint density at radius 1 is 1.25 bits per heavy atom. The van der Waals surface area contributed by atoms with Crippen LogP contribution in [0.3, 0.4) is 0 Å². The Hall–Kier alpha value is -2.77. The Bertz CT molecular complexity index is 973. The summed E-state index contributed by atoms with van der Waals surface area (Å²) in [5, 5.41) is 12.6. The minimum atomic E-state index is -0.136. The molecule has 0 aliphatic heterocycles. The first kappa shape index (κ1) is 20.0. The zero-order valence-corrected chi connectivity index (χ0v) is 16.8. The molecule has 0 bridgehead atoms. The normalized spacial score (nSPS) is 10.5. The number of nitrogens with one attached hydrogen (secondary N) is 1. The van der Waals surface area contributed by atoms with E-state index in [2.05, 4.69) is 22.1 Å². The Morgan fingerprint density at radius 2 is 2.00 bits per heavy atom. The molecule has 3 rings (SSSR count). The van der Waals surface area contributed by atoms with Gasteiger partial charge in [-0.3, -0.25) is 9.36 Å². The number of methoxy groups -OCH3 is 1. The molecule has 28 heavy (non-hydrogen) atoms. The van der Waals surface area contributed by atoms with E-state index in [0.717, 1.165) is 11.3 Å². The Balaban J connectivity index is 1.70. The molecular weight excluding hydrogens is 396 g/mol. The molecule has 0 saturated heterocycles. The predicted molar refractivity (Wildman–Crippen MR) is 113 cm³/mol. The van der Waals surface area contributed by atoms with Crippen molar-refractivity contribution in [3.8, 4) is 17.1 Å². The molecule has 0 saturated carbocycles. The molecule has 0 unspecified atom stereocenters. The van der Waals surface area contributed by atoms with Gasteiger partial charge in [-0.2, -0.15) is 0 Å². The molecule has 3 aromatic rings. The second kappa shape index (κ2) is 9.43. The zero-order chi connectivity index (χ0) is 19.9. The number of allylic oxidation sites excluding steroid dienone is 1. The maximum Gasteiger partial charge on any atom is 0.234 e. The fourth-order valence-electron chi connectivity index (χ4n) is 2.53. The lowest BCUT2D eigenvalue weighted by Gasteiger charge is -2.09. The van der Waals surface area contributed by atoms with E-state index in [-0.39, 0.29) is 11.7 Å². The molecule has 1 heterocycles. The highest BCUT2D eigenvalue weighted by atomic mass is 35.5. The van der Waals surface area contributed by atoms with Crippen molar-refractivity contribution in [3.63, 3.8) is 0 Å². The maximum absolute atomic E-state index is 12.3. The number of rotatable bonds is 8. The van der Waals surface area contributed by atoms with Crippen molar-refractivity contribution in [1.29, 1.82) is 0 Å². The van der Waals surface area contributed by atoms with E-state index < -0.39 is 0 Å². The van der Waals surface area contributed by atoms with Gasteiger partial charge in [0.1, 0.15) is 5.75 Å². The third kappa shape index (κ3) is 4.74. The van der Waals surface area contributed by atoms with Gasteiger partial charge in [0.15, 0.2) is 11.0 Å². The molecule has 0 fully saturated rings. The number of nitrogens with zero attached hydrogens (tertiary/aromatic N) is 3. The van der Waals surface area contributed by atoms with Gasteiger partial charge in [-0.05, 0) is 36.4 Å². The van der Waals surface area contributed by atoms with Crippen molar-refractivity contribution in [1.82, 2.24) is 14.8 Å². The molecule has 0 radical (unpaired) electrons. The summed E-state index contributed by atoms with van der Waals surface area (Å²) < 4.78 is 7.00. The van der Waals surface area contributed by atoms with E-state index in [1.165, 1.54) is 11.8 Å². The molecule has 1 N–H and O–H groups in total. The van der Waals surface area contributed by atoms with Crippen LogP contribution in [0.4, 0.5) is 5.69 Å². The van der Waals surface area contributed by atoms with Gasteiger partial charge in [-0.15, -0.1) is 16.8 Å². The van der Waals surface area contributed by atoms with E-state index in [9.17, 15) is 4.79 Å². The monoisotopic (exact) mass is 414 g/mol. The summed E-state index contributed by atoms with van der Waals surface area (Å²) in [6, 6.07) is 14.6. The summed E-state index contributed by atoms with van der Waals surface area (Å²) in [7, 11) is 1.60. The second-order valence-corrected chi connectivity index (χ2v) is 7.10. The maximum atomic E-state index is 12.3. The molecule has 1 amide bonds. The molecule has 1 aromatic heterocycles. The third-order valence-corrected chi connectivity index (χ3v) is 5.15. The quantitative estimate of drug-likeness (QED) is 0.433. The van der Waals surface area contributed by atoms with Gasteiger partial charge in [-0.25, -0.2) is 0 Å². The number of ether oxygens (including phenoxy) is 1. The van der Waals surface area contributed by atoms with Crippen molar-refractivity contribution >= 4 is 35.0 Å². The molecule has 6 nitrogen and oxygen atoms in total. The molecule has 0 atom stereocenters. The fraction of sp³-hybridized carbons (Fsp3) is 0.150. The molecule has 8 heteroatoms. The van der Waals surface area contributed by atoms with Crippen LogP contribution in [0.2, 0.25) is 5.02 Å². The topological polar surface area (TPSA) is 69.0 Å². The van der Waals surface area contributed by atoms with Crippen molar-refractivity contribution in [3.05, 3.63) is 66.2 Å². The molecule has 0 aliphatic rings. The Labute approximate surface area is 172 Å². The van der Waals surface area contributed by atoms with Crippen LogP contribution in [0, 0.1) is 0 Å². The van der Waals surface area contributed by atoms with E-state index in [0.29, 0.717) is 28.2 Å². The van der Waals surface area contributed by atoms with Gasteiger partial charge in [0, 0.05) is 17.8 Å². The number of amides is 1. The van der Waals surface area contributed by atoms with Gasteiger partial charge < -0.3 is 10.1 Å². The van der Waals surface area contributed by atoms with E-state index >= 15 is 0 Å². The number of thioether (sulfide) groups is 1. The number of hydrogen-bond donors (Lipinski definition) is 1. The first-order valence-electron chi connectivity index (χ1n) is 8.48. The van der Waals surface area contributed by atoms with E-state index in [4.69, 9.17) is 16.3 Å². The van der Waals surface area contributed by atoms with Crippen molar-refractivity contribution in [2.75, 3.05) is 18.2 Å². The summed E-state index contributed by atoms with van der Waals surface area (Å²) >= 11 is 7.60. The van der Waals surface area contributed by atoms with Crippen LogP contribution in [-0.4, -0.2) is 33.5 Å². The minimum Gasteiger partial charge on any atom is -0.497 e. The average molecular weight is 415 g/mol.